The number of benzene rings is 1. The number of para-hydroxylation sites is 1. The molecule has 0 atom stereocenters. The molecule has 1 heterocycles. The van der Waals surface area contributed by atoms with E-state index in [0.717, 1.165) is 36.1 Å². The van der Waals surface area contributed by atoms with E-state index in [1.807, 2.05) is 19.1 Å². The molecule has 0 aliphatic carbocycles. The largest absolute Gasteiger partial charge is 0.370 e. The maximum Gasteiger partial charge on any atom is 0.136 e. The van der Waals surface area contributed by atoms with Crippen LogP contribution in [-0.4, -0.2) is 16.5 Å². The second-order valence-corrected chi connectivity index (χ2v) is 6.89. The Morgan fingerprint density at radius 2 is 1.74 bits per heavy atom. The van der Waals surface area contributed by atoms with E-state index >= 15 is 0 Å². The molecule has 0 radical (unpaired) electrons. The average Bonchev–Trinajstić information content (AvgIpc) is 2.46. The molecule has 0 saturated heterocycles. The van der Waals surface area contributed by atoms with E-state index < -0.39 is 0 Å². The predicted molar refractivity (Wildman–Crippen MR) is 98.6 cm³/mol. The molecule has 23 heavy (non-hydrogen) atoms. The first-order valence-electron chi connectivity index (χ1n) is 8.36. The van der Waals surface area contributed by atoms with Gasteiger partial charge in [0.05, 0.1) is 0 Å². The van der Waals surface area contributed by atoms with Crippen LogP contribution in [0.5, 0.6) is 0 Å². The van der Waals surface area contributed by atoms with Crippen LogP contribution in [-0.2, 0) is 5.41 Å². The van der Waals surface area contributed by atoms with Crippen molar-refractivity contribution in [3.63, 3.8) is 0 Å². The standard InChI is InChI=1S/C19H28N4/c1-6-7-12-20-17-13-18(22-14(2)21-17)23-16-11-9-8-10-15(16)19(3,4)5/h8-11,13H,6-7,12H2,1-5H3,(H2,20,21,22,23). The zero-order valence-corrected chi connectivity index (χ0v) is 14.9. The lowest BCUT2D eigenvalue weighted by Crippen LogP contribution is -2.14. The molecule has 0 spiro atoms. The fraction of sp³-hybridized carbons (Fsp3) is 0.474. The van der Waals surface area contributed by atoms with Gasteiger partial charge < -0.3 is 10.6 Å². The van der Waals surface area contributed by atoms with E-state index in [2.05, 4.69) is 66.5 Å². The highest BCUT2D eigenvalue weighted by molar-refractivity contribution is 5.64. The number of nitrogens with zero attached hydrogens (tertiary/aromatic N) is 2. The molecule has 4 heteroatoms. The Hall–Kier alpha value is -2.10. The molecule has 124 valence electrons. The number of aryl methyl sites for hydroxylation is 1. The highest BCUT2D eigenvalue weighted by atomic mass is 15.1. The predicted octanol–water partition coefficient (Wildman–Crippen LogP) is 5.04. The van der Waals surface area contributed by atoms with E-state index in [-0.39, 0.29) is 5.41 Å². The van der Waals surface area contributed by atoms with Crippen LogP contribution in [0.3, 0.4) is 0 Å². The molecular weight excluding hydrogens is 284 g/mol. The fourth-order valence-electron chi connectivity index (χ4n) is 2.50. The third-order valence-electron chi connectivity index (χ3n) is 3.67. The number of unbranched alkanes of at least 4 members (excludes halogenated alkanes) is 1. The van der Waals surface area contributed by atoms with Crippen LogP contribution in [0.4, 0.5) is 17.3 Å². The van der Waals surface area contributed by atoms with Crippen molar-refractivity contribution in [2.45, 2.75) is 52.9 Å². The first kappa shape index (κ1) is 17.3. The Morgan fingerprint density at radius 3 is 2.43 bits per heavy atom. The zero-order valence-electron chi connectivity index (χ0n) is 14.9. The lowest BCUT2D eigenvalue weighted by molar-refractivity contribution is 0.592. The molecule has 2 N–H and O–H groups in total. The number of hydrogen-bond acceptors (Lipinski definition) is 4. The summed E-state index contributed by atoms with van der Waals surface area (Å²) in [4.78, 5) is 8.97. The highest BCUT2D eigenvalue weighted by Crippen LogP contribution is 2.31. The first-order valence-corrected chi connectivity index (χ1v) is 8.36. The van der Waals surface area contributed by atoms with Crippen LogP contribution in [0, 0.1) is 6.92 Å². The Bertz CT molecular complexity index is 644. The molecule has 0 aliphatic heterocycles. The van der Waals surface area contributed by atoms with Gasteiger partial charge in [-0.15, -0.1) is 0 Å². The van der Waals surface area contributed by atoms with E-state index in [4.69, 9.17) is 0 Å². The summed E-state index contributed by atoms with van der Waals surface area (Å²) in [6.45, 7) is 11.7. The maximum absolute atomic E-state index is 4.52. The topological polar surface area (TPSA) is 49.8 Å². The van der Waals surface area contributed by atoms with Gasteiger partial charge in [0.15, 0.2) is 0 Å². The van der Waals surface area contributed by atoms with Crippen molar-refractivity contribution in [3.05, 3.63) is 41.7 Å². The number of hydrogen-bond donors (Lipinski definition) is 2. The van der Waals surface area contributed by atoms with Crippen molar-refractivity contribution in [3.8, 4) is 0 Å². The Morgan fingerprint density at radius 1 is 1.04 bits per heavy atom. The van der Waals surface area contributed by atoms with Gasteiger partial charge in [0.25, 0.3) is 0 Å². The van der Waals surface area contributed by atoms with Crippen molar-refractivity contribution in [1.82, 2.24) is 9.97 Å². The van der Waals surface area contributed by atoms with Crippen molar-refractivity contribution < 1.29 is 0 Å². The molecule has 2 aromatic rings. The third-order valence-corrected chi connectivity index (χ3v) is 3.67. The summed E-state index contributed by atoms with van der Waals surface area (Å²) in [5.74, 6) is 2.47. The summed E-state index contributed by atoms with van der Waals surface area (Å²) in [6, 6.07) is 10.4. The van der Waals surface area contributed by atoms with Crippen LogP contribution in [0.1, 0.15) is 51.9 Å². The van der Waals surface area contributed by atoms with E-state index in [0.29, 0.717) is 0 Å². The molecule has 4 nitrogen and oxygen atoms in total. The monoisotopic (exact) mass is 312 g/mol. The van der Waals surface area contributed by atoms with Crippen LogP contribution in [0.15, 0.2) is 30.3 Å². The van der Waals surface area contributed by atoms with Gasteiger partial charge in [-0.1, -0.05) is 52.3 Å². The number of rotatable bonds is 6. The van der Waals surface area contributed by atoms with E-state index in [9.17, 15) is 0 Å². The summed E-state index contributed by atoms with van der Waals surface area (Å²) >= 11 is 0. The van der Waals surface area contributed by atoms with Gasteiger partial charge in [-0.25, -0.2) is 9.97 Å². The molecule has 0 aliphatic rings. The van der Waals surface area contributed by atoms with E-state index in [1.54, 1.807) is 0 Å². The van der Waals surface area contributed by atoms with Gasteiger partial charge in [-0.2, -0.15) is 0 Å². The van der Waals surface area contributed by atoms with Crippen LogP contribution in [0.2, 0.25) is 0 Å². The van der Waals surface area contributed by atoms with Crippen molar-refractivity contribution in [2.75, 3.05) is 17.2 Å². The van der Waals surface area contributed by atoms with Gasteiger partial charge in [0.1, 0.15) is 17.5 Å². The van der Waals surface area contributed by atoms with Gasteiger partial charge in [-0.05, 0) is 30.4 Å². The maximum atomic E-state index is 4.52. The summed E-state index contributed by atoms with van der Waals surface area (Å²) < 4.78 is 0. The van der Waals surface area contributed by atoms with Crippen molar-refractivity contribution >= 4 is 17.3 Å². The zero-order chi connectivity index (χ0) is 16.9. The third kappa shape index (κ3) is 4.95. The molecule has 0 bridgehead atoms. The second-order valence-electron chi connectivity index (χ2n) is 6.89. The lowest BCUT2D eigenvalue weighted by atomic mass is 9.86. The Labute approximate surface area is 139 Å². The normalized spacial score (nSPS) is 11.3. The molecule has 1 aromatic carbocycles. The Kier molecular flexibility index (Phi) is 5.59. The number of nitrogens with one attached hydrogen (secondary N) is 2. The van der Waals surface area contributed by atoms with Crippen LogP contribution < -0.4 is 10.6 Å². The minimum absolute atomic E-state index is 0.0773. The SMILES string of the molecule is CCCCNc1cc(Nc2ccccc2C(C)(C)C)nc(C)n1. The number of anilines is 3. The van der Waals surface area contributed by atoms with Gasteiger partial charge >= 0.3 is 0 Å². The quantitative estimate of drug-likeness (QED) is 0.734. The van der Waals surface area contributed by atoms with Crippen molar-refractivity contribution in [2.24, 2.45) is 0 Å². The fourth-order valence-corrected chi connectivity index (χ4v) is 2.50. The van der Waals surface area contributed by atoms with Gasteiger partial charge in [0.2, 0.25) is 0 Å². The Balaban J connectivity index is 2.24. The van der Waals surface area contributed by atoms with Crippen LogP contribution in [0.25, 0.3) is 0 Å². The summed E-state index contributed by atoms with van der Waals surface area (Å²) in [5, 5.41) is 6.83. The molecule has 0 amide bonds. The molecule has 1 aromatic heterocycles. The smallest absolute Gasteiger partial charge is 0.136 e. The summed E-state index contributed by atoms with van der Waals surface area (Å²) in [6.07, 6.45) is 2.31. The first-order chi connectivity index (χ1) is 10.9. The average molecular weight is 312 g/mol. The molecule has 0 unspecified atom stereocenters. The van der Waals surface area contributed by atoms with Crippen LogP contribution >= 0.6 is 0 Å². The van der Waals surface area contributed by atoms with Gasteiger partial charge in [0, 0.05) is 18.3 Å². The van der Waals surface area contributed by atoms with E-state index in [1.165, 1.54) is 12.0 Å². The molecule has 0 fully saturated rings. The highest BCUT2D eigenvalue weighted by Gasteiger charge is 2.17. The summed E-state index contributed by atoms with van der Waals surface area (Å²) in [5.41, 5.74) is 2.45. The minimum atomic E-state index is 0.0773. The second kappa shape index (κ2) is 7.44. The van der Waals surface area contributed by atoms with Gasteiger partial charge in [-0.3, -0.25) is 0 Å². The molecular formula is C19H28N4. The summed E-state index contributed by atoms with van der Waals surface area (Å²) in [7, 11) is 0. The lowest BCUT2D eigenvalue weighted by Gasteiger charge is -2.23. The van der Waals surface area contributed by atoms with Crippen molar-refractivity contribution in [1.29, 1.82) is 0 Å². The molecule has 2 rings (SSSR count). The minimum Gasteiger partial charge on any atom is -0.370 e. The number of aromatic nitrogens is 2. The molecule has 0 saturated carbocycles.